The highest BCUT2D eigenvalue weighted by atomic mass is 16.5. The van der Waals surface area contributed by atoms with Gasteiger partial charge >= 0.3 is 0 Å². The van der Waals surface area contributed by atoms with Gasteiger partial charge in [0.2, 0.25) is 0 Å². The number of nitrogens with zero attached hydrogens (tertiary/aromatic N) is 1. The van der Waals surface area contributed by atoms with Crippen LogP contribution in [0.15, 0.2) is 0 Å². The Bertz CT molecular complexity index is 202. The zero-order valence-electron chi connectivity index (χ0n) is 8.48. The molecule has 3 unspecified atom stereocenters. The van der Waals surface area contributed by atoms with E-state index in [4.69, 9.17) is 19.8 Å². The first-order valence-corrected chi connectivity index (χ1v) is 5.05. The lowest BCUT2D eigenvalue weighted by Gasteiger charge is -2.17. The molecule has 0 spiro atoms. The van der Waals surface area contributed by atoms with Gasteiger partial charge in [0, 0.05) is 6.61 Å². The van der Waals surface area contributed by atoms with E-state index in [0.29, 0.717) is 13.0 Å². The first-order valence-electron chi connectivity index (χ1n) is 5.05. The maximum absolute atomic E-state index is 8.85. The molecule has 1 rings (SSSR count). The van der Waals surface area contributed by atoms with E-state index in [1.807, 2.05) is 6.92 Å². The second-order valence-corrected chi connectivity index (χ2v) is 3.56. The molecule has 0 saturated carbocycles. The standard InChI is InChI=1S/C10H17NO3/c1-8-3-4-9(14-8)10(7-11)13-6-2-5-12/h8-10,12H,2-6H2,1H3. The van der Waals surface area contributed by atoms with E-state index >= 15 is 0 Å². The lowest BCUT2D eigenvalue weighted by atomic mass is 10.1. The van der Waals surface area contributed by atoms with Crippen molar-refractivity contribution < 1.29 is 14.6 Å². The average molecular weight is 199 g/mol. The average Bonchev–Trinajstić information content (AvgIpc) is 2.60. The van der Waals surface area contributed by atoms with Gasteiger partial charge in [0.05, 0.1) is 24.9 Å². The summed E-state index contributed by atoms with van der Waals surface area (Å²) in [5, 5.41) is 17.4. The minimum Gasteiger partial charge on any atom is -0.396 e. The summed E-state index contributed by atoms with van der Waals surface area (Å²) in [5.41, 5.74) is 0. The fourth-order valence-corrected chi connectivity index (χ4v) is 1.56. The third-order valence-electron chi connectivity index (χ3n) is 2.33. The van der Waals surface area contributed by atoms with E-state index in [0.717, 1.165) is 12.8 Å². The van der Waals surface area contributed by atoms with E-state index in [1.54, 1.807) is 0 Å². The van der Waals surface area contributed by atoms with Crippen molar-refractivity contribution in [2.75, 3.05) is 13.2 Å². The summed E-state index contributed by atoms with van der Waals surface area (Å²) >= 11 is 0. The summed E-state index contributed by atoms with van der Waals surface area (Å²) in [7, 11) is 0. The second-order valence-electron chi connectivity index (χ2n) is 3.56. The second kappa shape index (κ2) is 5.97. The highest BCUT2D eigenvalue weighted by Gasteiger charge is 2.30. The zero-order valence-corrected chi connectivity index (χ0v) is 8.48. The maximum atomic E-state index is 8.85. The van der Waals surface area contributed by atoms with Crippen LogP contribution < -0.4 is 0 Å². The number of aliphatic hydroxyl groups excluding tert-OH is 1. The van der Waals surface area contributed by atoms with Crippen LogP contribution in [0.3, 0.4) is 0 Å². The summed E-state index contributed by atoms with van der Waals surface area (Å²) in [6.45, 7) is 2.52. The molecule has 0 aromatic heterocycles. The molecule has 1 aliphatic rings. The number of rotatable bonds is 5. The quantitative estimate of drug-likeness (QED) is 0.667. The van der Waals surface area contributed by atoms with Crippen molar-refractivity contribution in [2.45, 2.75) is 44.5 Å². The molecule has 1 N–H and O–H groups in total. The molecule has 1 heterocycles. The van der Waals surface area contributed by atoms with Gasteiger partial charge < -0.3 is 14.6 Å². The van der Waals surface area contributed by atoms with Crippen molar-refractivity contribution in [1.82, 2.24) is 0 Å². The van der Waals surface area contributed by atoms with Gasteiger partial charge in [-0.15, -0.1) is 0 Å². The van der Waals surface area contributed by atoms with Crippen molar-refractivity contribution in [3.8, 4) is 6.07 Å². The van der Waals surface area contributed by atoms with Crippen molar-refractivity contribution >= 4 is 0 Å². The predicted molar refractivity (Wildman–Crippen MR) is 50.6 cm³/mol. The molecule has 0 aromatic rings. The van der Waals surface area contributed by atoms with E-state index in [2.05, 4.69) is 6.07 Å². The van der Waals surface area contributed by atoms with Gasteiger partial charge in [-0.05, 0) is 26.2 Å². The smallest absolute Gasteiger partial charge is 0.169 e. The molecule has 14 heavy (non-hydrogen) atoms. The van der Waals surface area contributed by atoms with E-state index in [-0.39, 0.29) is 18.8 Å². The Morgan fingerprint density at radius 3 is 2.93 bits per heavy atom. The van der Waals surface area contributed by atoms with Gasteiger partial charge in [0.1, 0.15) is 0 Å². The molecule has 0 aromatic carbocycles. The van der Waals surface area contributed by atoms with Gasteiger partial charge in [-0.3, -0.25) is 0 Å². The monoisotopic (exact) mass is 199 g/mol. The maximum Gasteiger partial charge on any atom is 0.169 e. The van der Waals surface area contributed by atoms with Gasteiger partial charge in [-0.1, -0.05) is 0 Å². The predicted octanol–water partition coefficient (Wildman–Crippen LogP) is 0.845. The van der Waals surface area contributed by atoms with Gasteiger partial charge in [-0.25, -0.2) is 0 Å². The Morgan fingerprint density at radius 2 is 2.43 bits per heavy atom. The molecular formula is C10H17NO3. The van der Waals surface area contributed by atoms with Gasteiger partial charge in [-0.2, -0.15) is 5.26 Å². The Kier molecular flexibility index (Phi) is 4.88. The van der Waals surface area contributed by atoms with E-state index in [9.17, 15) is 0 Å². The van der Waals surface area contributed by atoms with Crippen LogP contribution in [-0.4, -0.2) is 36.6 Å². The van der Waals surface area contributed by atoms with Crippen molar-refractivity contribution in [1.29, 1.82) is 5.26 Å². The normalized spacial score (nSPS) is 28.6. The molecule has 3 atom stereocenters. The van der Waals surface area contributed by atoms with Crippen LogP contribution in [0, 0.1) is 11.3 Å². The Morgan fingerprint density at radius 1 is 1.64 bits per heavy atom. The lowest BCUT2D eigenvalue weighted by molar-refractivity contribution is -0.0428. The fourth-order valence-electron chi connectivity index (χ4n) is 1.56. The third kappa shape index (κ3) is 3.26. The number of aliphatic hydroxyl groups is 1. The van der Waals surface area contributed by atoms with Crippen LogP contribution >= 0.6 is 0 Å². The Hall–Kier alpha value is -0.630. The highest BCUT2D eigenvalue weighted by molar-refractivity contribution is 4.93. The molecule has 1 aliphatic heterocycles. The molecule has 4 nitrogen and oxygen atoms in total. The third-order valence-corrected chi connectivity index (χ3v) is 2.33. The van der Waals surface area contributed by atoms with Crippen LogP contribution in [0.5, 0.6) is 0 Å². The van der Waals surface area contributed by atoms with Crippen LogP contribution in [-0.2, 0) is 9.47 Å². The SMILES string of the molecule is CC1CCC(C(C#N)OCCCO)O1. The first-order chi connectivity index (χ1) is 6.77. The van der Waals surface area contributed by atoms with Crippen molar-refractivity contribution in [3.05, 3.63) is 0 Å². The van der Waals surface area contributed by atoms with Crippen molar-refractivity contribution in [2.24, 2.45) is 0 Å². The Balaban J connectivity index is 2.28. The molecule has 4 heteroatoms. The highest BCUT2D eigenvalue weighted by Crippen LogP contribution is 2.23. The summed E-state index contributed by atoms with van der Waals surface area (Å²) in [6.07, 6.45) is 2.11. The lowest BCUT2D eigenvalue weighted by Crippen LogP contribution is -2.28. The number of nitriles is 1. The first kappa shape index (κ1) is 11.4. The van der Waals surface area contributed by atoms with Gasteiger partial charge in [0.15, 0.2) is 6.10 Å². The number of hydrogen-bond donors (Lipinski definition) is 1. The zero-order chi connectivity index (χ0) is 10.4. The van der Waals surface area contributed by atoms with E-state index in [1.165, 1.54) is 0 Å². The van der Waals surface area contributed by atoms with Crippen LogP contribution in [0.2, 0.25) is 0 Å². The number of hydrogen-bond acceptors (Lipinski definition) is 4. The van der Waals surface area contributed by atoms with E-state index < -0.39 is 6.10 Å². The van der Waals surface area contributed by atoms with Crippen LogP contribution in [0.1, 0.15) is 26.2 Å². The molecule has 0 radical (unpaired) electrons. The minimum absolute atomic E-state index is 0.0892. The Labute approximate surface area is 84.4 Å². The molecule has 1 saturated heterocycles. The summed E-state index contributed by atoms with van der Waals surface area (Å²) in [6, 6.07) is 2.09. The molecule has 1 fully saturated rings. The van der Waals surface area contributed by atoms with Crippen molar-refractivity contribution in [3.63, 3.8) is 0 Å². The fraction of sp³-hybridized carbons (Fsp3) is 0.900. The largest absolute Gasteiger partial charge is 0.396 e. The van der Waals surface area contributed by atoms with Crippen LogP contribution in [0.4, 0.5) is 0 Å². The topological polar surface area (TPSA) is 62.5 Å². The number of ether oxygens (including phenoxy) is 2. The molecular weight excluding hydrogens is 182 g/mol. The summed E-state index contributed by atoms with van der Waals surface area (Å²) in [5.74, 6) is 0. The van der Waals surface area contributed by atoms with Crippen LogP contribution in [0.25, 0.3) is 0 Å². The summed E-state index contributed by atoms with van der Waals surface area (Å²) < 4.78 is 10.9. The molecule has 0 amide bonds. The molecule has 0 bridgehead atoms. The molecule has 0 aliphatic carbocycles. The van der Waals surface area contributed by atoms with Gasteiger partial charge in [0.25, 0.3) is 0 Å². The molecule has 80 valence electrons. The minimum atomic E-state index is -0.480. The summed E-state index contributed by atoms with van der Waals surface area (Å²) in [4.78, 5) is 0.